The number of para-hydroxylation sites is 1. The van der Waals surface area contributed by atoms with Gasteiger partial charge in [-0.05, 0) is 37.0 Å². The van der Waals surface area contributed by atoms with E-state index in [0.717, 1.165) is 24.2 Å². The number of ether oxygens (including phenoxy) is 1. The maximum Gasteiger partial charge on any atom is 0.315 e. The molecule has 0 atom stereocenters. The highest BCUT2D eigenvalue weighted by Crippen LogP contribution is 2.48. The zero-order chi connectivity index (χ0) is 17.0. The minimum absolute atomic E-state index is 0.118. The van der Waals surface area contributed by atoms with E-state index in [1.807, 2.05) is 24.3 Å². The van der Waals surface area contributed by atoms with Crippen LogP contribution in [0.5, 0.6) is 5.75 Å². The molecule has 2 aromatic carbocycles. The summed E-state index contributed by atoms with van der Waals surface area (Å²) < 4.78 is 5.30. The highest BCUT2D eigenvalue weighted by Gasteiger charge is 2.45. The van der Waals surface area contributed by atoms with Crippen molar-refractivity contribution in [3.63, 3.8) is 0 Å². The maximum atomic E-state index is 12.1. The molecule has 126 valence electrons. The Morgan fingerprint density at radius 3 is 2.50 bits per heavy atom. The lowest BCUT2D eigenvalue weighted by molar-refractivity contribution is 0.239. The Hall–Kier alpha value is -2.49. The second kappa shape index (κ2) is 6.95. The number of carbonyl (C=O) groups excluding carboxylic acids is 1. The predicted octanol–water partition coefficient (Wildman–Crippen LogP) is 3.53. The Morgan fingerprint density at radius 1 is 1.08 bits per heavy atom. The van der Waals surface area contributed by atoms with Crippen LogP contribution in [0.25, 0.3) is 0 Å². The summed E-state index contributed by atoms with van der Waals surface area (Å²) in [5.41, 5.74) is 3.74. The van der Waals surface area contributed by atoms with Crippen LogP contribution < -0.4 is 15.4 Å². The van der Waals surface area contributed by atoms with Crippen molar-refractivity contribution >= 4 is 6.03 Å². The lowest BCUT2D eigenvalue weighted by Crippen LogP contribution is -2.39. The van der Waals surface area contributed by atoms with Crippen LogP contribution in [-0.2, 0) is 12.0 Å². The smallest absolute Gasteiger partial charge is 0.315 e. The number of benzene rings is 2. The molecule has 0 unspecified atom stereocenters. The van der Waals surface area contributed by atoms with Crippen molar-refractivity contribution in [2.24, 2.45) is 0 Å². The lowest BCUT2D eigenvalue weighted by Gasteiger charge is -2.19. The first-order valence-electron chi connectivity index (χ1n) is 8.34. The third-order valence-corrected chi connectivity index (χ3v) is 4.79. The third kappa shape index (κ3) is 3.53. The summed E-state index contributed by atoms with van der Waals surface area (Å²) in [7, 11) is 1.64. The van der Waals surface area contributed by atoms with Crippen molar-refractivity contribution < 1.29 is 9.53 Å². The van der Waals surface area contributed by atoms with Gasteiger partial charge in [0.1, 0.15) is 5.75 Å². The summed E-state index contributed by atoms with van der Waals surface area (Å²) in [6.45, 7) is 3.26. The number of amides is 2. The van der Waals surface area contributed by atoms with Gasteiger partial charge >= 0.3 is 6.03 Å². The number of aryl methyl sites for hydroxylation is 1. The molecule has 4 nitrogen and oxygen atoms in total. The van der Waals surface area contributed by atoms with E-state index in [9.17, 15) is 4.79 Å². The summed E-state index contributed by atoms with van der Waals surface area (Å²) in [6, 6.07) is 16.0. The van der Waals surface area contributed by atoms with Crippen LogP contribution in [0.1, 0.15) is 29.5 Å². The molecule has 0 aromatic heterocycles. The lowest BCUT2D eigenvalue weighted by atomic mass is 9.92. The van der Waals surface area contributed by atoms with E-state index in [1.165, 1.54) is 11.1 Å². The number of hydrogen-bond acceptors (Lipinski definition) is 2. The van der Waals surface area contributed by atoms with E-state index < -0.39 is 0 Å². The molecule has 3 rings (SSSR count). The monoisotopic (exact) mass is 324 g/mol. The zero-order valence-corrected chi connectivity index (χ0v) is 14.3. The molecule has 0 spiro atoms. The second-order valence-corrected chi connectivity index (χ2v) is 6.44. The molecule has 1 aliphatic rings. The van der Waals surface area contributed by atoms with Gasteiger partial charge in [-0.3, -0.25) is 0 Å². The number of methoxy groups -OCH3 is 1. The van der Waals surface area contributed by atoms with Crippen LogP contribution in [0.15, 0.2) is 48.5 Å². The van der Waals surface area contributed by atoms with Gasteiger partial charge in [-0.25, -0.2) is 4.79 Å². The molecule has 2 N–H and O–H groups in total. The number of carbonyl (C=O) groups is 1. The number of rotatable bonds is 6. The largest absolute Gasteiger partial charge is 0.496 e. The van der Waals surface area contributed by atoms with E-state index in [2.05, 4.69) is 41.8 Å². The summed E-state index contributed by atoms with van der Waals surface area (Å²) >= 11 is 0. The van der Waals surface area contributed by atoms with Crippen LogP contribution in [0.2, 0.25) is 0 Å². The highest BCUT2D eigenvalue weighted by molar-refractivity contribution is 5.74. The Balaban J connectivity index is 1.54. The molecule has 1 aliphatic carbocycles. The van der Waals surface area contributed by atoms with E-state index >= 15 is 0 Å². The molecule has 0 saturated heterocycles. The summed E-state index contributed by atoms with van der Waals surface area (Å²) in [6.07, 6.45) is 2.26. The van der Waals surface area contributed by atoms with Gasteiger partial charge in [-0.2, -0.15) is 0 Å². The summed E-state index contributed by atoms with van der Waals surface area (Å²) in [5, 5.41) is 5.94. The van der Waals surface area contributed by atoms with Gasteiger partial charge in [0.15, 0.2) is 0 Å². The fourth-order valence-electron chi connectivity index (χ4n) is 3.20. The van der Waals surface area contributed by atoms with Crippen molar-refractivity contribution in [3.8, 4) is 5.75 Å². The van der Waals surface area contributed by atoms with Gasteiger partial charge in [0.05, 0.1) is 7.11 Å². The van der Waals surface area contributed by atoms with Crippen LogP contribution in [0.3, 0.4) is 0 Å². The quantitative estimate of drug-likeness (QED) is 0.854. The predicted molar refractivity (Wildman–Crippen MR) is 95.3 cm³/mol. The molecule has 1 saturated carbocycles. The molecular formula is C20H24N2O2. The number of urea groups is 1. The first-order chi connectivity index (χ1) is 11.6. The van der Waals surface area contributed by atoms with Crippen LogP contribution in [0, 0.1) is 6.92 Å². The number of nitrogens with one attached hydrogen (secondary N) is 2. The van der Waals surface area contributed by atoms with Crippen LogP contribution in [0.4, 0.5) is 4.79 Å². The van der Waals surface area contributed by atoms with Gasteiger partial charge in [0, 0.05) is 24.1 Å². The molecule has 2 amide bonds. The van der Waals surface area contributed by atoms with Gasteiger partial charge in [-0.1, -0.05) is 42.5 Å². The maximum absolute atomic E-state index is 12.1. The van der Waals surface area contributed by atoms with E-state index in [1.54, 1.807) is 7.11 Å². The SMILES string of the molecule is COc1ccccc1CNC(=O)NCC1(c2ccccc2C)CC1. The molecule has 2 aromatic rings. The highest BCUT2D eigenvalue weighted by atomic mass is 16.5. The Morgan fingerprint density at radius 2 is 1.79 bits per heavy atom. The van der Waals surface area contributed by atoms with Crippen LogP contribution >= 0.6 is 0 Å². The average molecular weight is 324 g/mol. The van der Waals surface area contributed by atoms with Gasteiger partial charge < -0.3 is 15.4 Å². The molecule has 0 radical (unpaired) electrons. The second-order valence-electron chi connectivity index (χ2n) is 6.44. The van der Waals surface area contributed by atoms with Gasteiger partial charge in [0.25, 0.3) is 0 Å². The van der Waals surface area contributed by atoms with Crippen molar-refractivity contribution in [3.05, 3.63) is 65.2 Å². The normalized spacial score (nSPS) is 14.8. The Kier molecular flexibility index (Phi) is 4.74. The summed E-state index contributed by atoms with van der Waals surface area (Å²) in [4.78, 5) is 12.1. The standard InChI is InChI=1S/C20H24N2O2/c1-15-7-3-5-9-17(15)20(11-12-20)14-22-19(23)21-13-16-8-4-6-10-18(16)24-2/h3-10H,11-14H2,1-2H3,(H2,21,22,23). The van der Waals surface area contributed by atoms with Gasteiger partial charge in [-0.15, -0.1) is 0 Å². The van der Waals surface area contributed by atoms with Crippen molar-refractivity contribution in [1.29, 1.82) is 0 Å². The fraction of sp³-hybridized carbons (Fsp3) is 0.350. The van der Waals surface area contributed by atoms with Crippen LogP contribution in [-0.4, -0.2) is 19.7 Å². The minimum Gasteiger partial charge on any atom is -0.496 e. The average Bonchev–Trinajstić information content (AvgIpc) is 3.40. The van der Waals surface area contributed by atoms with Gasteiger partial charge in [0.2, 0.25) is 0 Å². The topological polar surface area (TPSA) is 50.4 Å². The summed E-state index contributed by atoms with van der Waals surface area (Å²) in [5.74, 6) is 0.788. The van der Waals surface area contributed by atoms with Crippen molar-refractivity contribution in [2.45, 2.75) is 31.7 Å². The van der Waals surface area contributed by atoms with E-state index in [4.69, 9.17) is 4.74 Å². The third-order valence-electron chi connectivity index (χ3n) is 4.79. The molecular weight excluding hydrogens is 300 g/mol. The molecule has 0 heterocycles. The Labute approximate surface area is 143 Å². The van der Waals surface area contributed by atoms with E-state index in [0.29, 0.717) is 13.1 Å². The molecule has 1 fully saturated rings. The first kappa shape index (κ1) is 16.4. The molecule has 4 heteroatoms. The first-order valence-corrected chi connectivity index (χ1v) is 8.34. The fourth-order valence-corrected chi connectivity index (χ4v) is 3.20. The van der Waals surface area contributed by atoms with E-state index in [-0.39, 0.29) is 11.4 Å². The minimum atomic E-state index is -0.138. The molecule has 24 heavy (non-hydrogen) atoms. The number of hydrogen-bond donors (Lipinski definition) is 2. The zero-order valence-electron chi connectivity index (χ0n) is 14.3. The van der Waals surface area contributed by atoms with Crippen molar-refractivity contribution in [1.82, 2.24) is 10.6 Å². The molecule has 0 aliphatic heterocycles. The Bertz CT molecular complexity index is 723. The van der Waals surface area contributed by atoms with Crippen molar-refractivity contribution in [2.75, 3.05) is 13.7 Å². The molecule has 0 bridgehead atoms.